The summed E-state index contributed by atoms with van der Waals surface area (Å²) in [4.78, 5) is 18.0. The third-order valence-electron chi connectivity index (χ3n) is 3.82. The van der Waals surface area contributed by atoms with Gasteiger partial charge < -0.3 is 9.40 Å². The SMILES string of the molecule is C[C@@H](Sc1nc2ccc(Cl)cc2[nH]1)c1nnc(-c2ccc([N+](=O)[O-])cc2)o1. The van der Waals surface area contributed by atoms with Crippen molar-refractivity contribution in [1.82, 2.24) is 20.2 Å². The molecule has 2 aromatic heterocycles. The molecule has 0 aliphatic rings. The fraction of sp³-hybridized carbons (Fsp3) is 0.118. The average molecular weight is 402 g/mol. The highest BCUT2D eigenvalue weighted by Crippen LogP contribution is 2.35. The molecule has 4 rings (SSSR count). The standard InChI is InChI=1S/C17H12ClN5O3S/c1-9(27-17-19-13-7-4-11(18)8-14(13)20-17)15-21-22-16(26-15)10-2-5-12(6-3-10)23(24)25/h2-9H,1H3,(H,19,20)/t9-/m1/s1. The van der Waals surface area contributed by atoms with Gasteiger partial charge in [-0.1, -0.05) is 23.4 Å². The summed E-state index contributed by atoms with van der Waals surface area (Å²) in [5.74, 6) is 0.746. The van der Waals surface area contributed by atoms with E-state index in [-0.39, 0.29) is 10.9 Å². The van der Waals surface area contributed by atoms with E-state index in [1.807, 2.05) is 19.1 Å². The molecule has 0 fully saturated rings. The van der Waals surface area contributed by atoms with Gasteiger partial charge in [-0.25, -0.2) is 4.98 Å². The lowest BCUT2D eigenvalue weighted by atomic mass is 10.2. The van der Waals surface area contributed by atoms with Crippen molar-refractivity contribution in [1.29, 1.82) is 0 Å². The number of nitrogens with one attached hydrogen (secondary N) is 1. The molecular formula is C17H12ClN5O3S. The topological polar surface area (TPSA) is 111 Å². The molecule has 1 N–H and O–H groups in total. The van der Waals surface area contributed by atoms with Crippen molar-refractivity contribution in [3.05, 3.63) is 63.5 Å². The van der Waals surface area contributed by atoms with E-state index >= 15 is 0 Å². The number of thioether (sulfide) groups is 1. The van der Waals surface area contributed by atoms with E-state index in [9.17, 15) is 10.1 Å². The molecular weight excluding hydrogens is 390 g/mol. The zero-order chi connectivity index (χ0) is 19.0. The molecule has 0 unspecified atom stereocenters. The number of imidazole rings is 1. The normalized spacial score (nSPS) is 12.4. The van der Waals surface area contributed by atoms with Crippen molar-refractivity contribution >= 4 is 40.1 Å². The number of aromatic nitrogens is 4. The molecule has 0 aliphatic carbocycles. The third-order valence-corrected chi connectivity index (χ3v) is 5.03. The van der Waals surface area contributed by atoms with Crippen molar-refractivity contribution < 1.29 is 9.34 Å². The molecule has 8 nitrogen and oxygen atoms in total. The molecule has 10 heteroatoms. The number of nitro benzene ring substituents is 1. The Morgan fingerprint density at radius 2 is 2.00 bits per heavy atom. The lowest BCUT2D eigenvalue weighted by Crippen LogP contribution is -1.89. The summed E-state index contributed by atoms with van der Waals surface area (Å²) in [7, 11) is 0. The van der Waals surface area contributed by atoms with E-state index in [0.717, 1.165) is 16.2 Å². The molecule has 2 aromatic carbocycles. The minimum absolute atomic E-state index is 0.00685. The molecule has 0 spiro atoms. The van der Waals surface area contributed by atoms with Crippen LogP contribution in [0, 0.1) is 10.1 Å². The molecule has 1 atom stereocenters. The van der Waals surface area contributed by atoms with Crippen LogP contribution in [0.15, 0.2) is 52.0 Å². The Bertz CT molecular complexity index is 1130. The fourth-order valence-corrected chi connectivity index (χ4v) is 3.50. The minimum Gasteiger partial charge on any atom is -0.419 e. The number of nitrogens with zero attached hydrogens (tertiary/aromatic N) is 4. The van der Waals surface area contributed by atoms with Gasteiger partial charge in [0.25, 0.3) is 5.69 Å². The van der Waals surface area contributed by atoms with Crippen LogP contribution in [-0.2, 0) is 0 Å². The predicted octanol–water partition coefficient (Wildman–Crippen LogP) is 5.03. The maximum atomic E-state index is 10.7. The van der Waals surface area contributed by atoms with Crippen LogP contribution in [0.3, 0.4) is 0 Å². The number of benzene rings is 2. The average Bonchev–Trinajstić information content (AvgIpc) is 3.28. The largest absolute Gasteiger partial charge is 0.419 e. The maximum Gasteiger partial charge on any atom is 0.269 e. The van der Waals surface area contributed by atoms with Crippen LogP contribution >= 0.6 is 23.4 Å². The van der Waals surface area contributed by atoms with E-state index < -0.39 is 4.92 Å². The van der Waals surface area contributed by atoms with Gasteiger partial charge in [0, 0.05) is 22.7 Å². The molecule has 0 aliphatic heterocycles. The molecule has 2 heterocycles. The Morgan fingerprint density at radius 1 is 1.22 bits per heavy atom. The quantitative estimate of drug-likeness (QED) is 0.283. The first kappa shape index (κ1) is 17.5. The monoisotopic (exact) mass is 401 g/mol. The third kappa shape index (κ3) is 3.64. The smallest absolute Gasteiger partial charge is 0.269 e. The highest BCUT2D eigenvalue weighted by molar-refractivity contribution is 7.99. The summed E-state index contributed by atoms with van der Waals surface area (Å²) in [6.07, 6.45) is 0. The molecule has 4 aromatic rings. The van der Waals surface area contributed by atoms with Crippen molar-refractivity contribution in [3.63, 3.8) is 0 Å². The molecule has 0 radical (unpaired) electrons. The van der Waals surface area contributed by atoms with Gasteiger partial charge in [-0.2, -0.15) is 0 Å². The lowest BCUT2D eigenvalue weighted by Gasteiger charge is -2.03. The first-order valence-electron chi connectivity index (χ1n) is 7.90. The van der Waals surface area contributed by atoms with Gasteiger partial charge in [0.15, 0.2) is 5.16 Å². The van der Waals surface area contributed by atoms with Gasteiger partial charge >= 0.3 is 0 Å². The van der Waals surface area contributed by atoms with Crippen molar-refractivity contribution in [2.24, 2.45) is 0 Å². The number of halogens is 1. The van der Waals surface area contributed by atoms with Crippen LogP contribution in [0.5, 0.6) is 0 Å². The number of hydrogen-bond donors (Lipinski definition) is 1. The molecule has 0 saturated heterocycles. The first-order chi connectivity index (χ1) is 13.0. The summed E-state index contributed by atoms with van der Waals surface area (Å²) >= 11 is 7.44. The molecule has 0 bridgehead atoms. The Labute approximate surface area is 162 Å². The van der Waals surface area contributed by atoms with Crippen LogP contribution < -0.4 is 0 Å². The van der Waals surface area contributed by atoms with Crippen LogP contribution in [0.25, 0.3) is 22.5 Å². The van der Waals surface area contributed by atoms with Gasteiger partial charge in [-0.15, -0.1) is 10.2 Å². The number of rotatable bonds is 5. The van der Waals surface area contributed by atoms with E-state index in [0.29, 0.717) is 22.4 Å². The number of aromatic amines is 1. The lowest BCUT2D eigenvalue weighted by molar-refractivity contribution is -0.384. The Balaban J connectivity index is 1.52. The fourth-order valence-electron chi connectivity index (χ4n) is 2.47. The van der Waals surface area contributed by atoms with Gasteiger partial charge in [0.05, 0.1) is 21.2 Å². The van der Waals surface area contributed by atoms with Gasteiger partial charge in [0.1, 0.15) is 0 Å². The molecule has 0 amide bonds. The van der Waals surface area contributed by atoms with Crippen LogP contribution in [0.1, 0.15) is 18.1 Å². The highest BCUT2D eigenvalue weighted by Gasteiger charge is 2.18. The number of H-pyrrole nitrogens is 1. The number of non-ortho nitro benzene ring substituents is 1. The number of nitro groups is 1. The van der Waals surface area contributed by atoms with Crippen molar-refractivity contribution in [2.45, 2.75) is 17.3 Å². The molecule has 136 valence electrons. The van der Waals surface area contributed by atoms with Gasteiger partial charge in [0.2, 0.25) is 11.8 Å². The first-order valence-corrected chi connectivity index (χ1v) is 9.15. The summed E-state index contributed by atoms with van der Waals surface area (Å²) in [6.45, 7) is 1.93. The number of hydrogen-bond acceptors (Lipinski definition) is 7. The highest BCUT2D eigenvalue weighted by atomic mass is 35.5. The molecule has 27 heavy (non-hydrogen) atoms. The van der Waals surface area contributed by atoms with Gasteiger partial charge in [-0.3, -0.25) is 10.1 Å². The van der Waals surface area contributed by atoms with Crippen molar-refractivity contribution in [3.8, 4) is 11.5 Å². The predicted molar refractivity (Wildman–Crippen MR) is 102 cm³/mol. The number of fused-ring (bicyclic) bond motifs is 1. The van der Waals surface area contributed by atoms with E-state index in [2.05, 4.69) is 20.2 Å². The second-order valence-electron chi connectivity index (χ2n) is 5.71. The van der Waals surface area contributed by atoms with Gasteiger partial charge in [-0.05, 0) is 37.3 Å². The van der Waals surface area contributed by atoms with Crippen LogP contribution in [0.2, 0.25) is 5.02 Å². The zero-order valence-electron chi connectivity index (χ0n) is 13.9. The van der Waals surface area contributed by atoms with E-state index in [1.165, 1.54) is 23.9 Å². The Hall–Kier alpha value is -2.91. The second kappa shape index (κ2) is 7.01. The zero-order valence-corrected chi connectivity index (χ0v) is 15.5. The van der Waals surface area contributed by atoms with Crippen LogP contribution in [0.4, 0.5) is 5.69 Å². The van der Waals surface area contributed by atoms with E-state index in [4.69, 9.17) is 16.0 Å². The second-order valence-corrected chi connectivity index (χ2v) is 7.48. The van der Waals surface area contributed by atoms with E-state index in [1.54, 1.807) is 18.2 Å². The Kier molecular flexibility index (Phi) is 4.54. The molecule has 0 saturated carbocycles. The minimum atomic E-state index is -0.456. The summed E-state index contributed by atoms with van der Waals surface area (Å²) < 4.78 is 5.72. The summed E-state index contributed by atoms with van der Waals surface area (Å²) in [6, 6.07) is 11.4. The van der Waals surface area contributed by atoms with Crippen molar-refractivity contribution in [2.75, 3.05) is 0 Å². The summed E-state index contributed by atoms with van der Waals surface area (Å²) in [5.41, 5.74) is 2.31. The Morgan fingerprint density at radius 3 is 2.74 bits per heavy atom. The maximum absolute atomic E-state index is 10.7. The summed E-state index contributed by atoms with van der Waals surface area (Å²) in [5, 5.41) is 20.1. The van der Waals surface area contributed by atoms with Crippen LogP contribution in [-0.4, -0.2) is 25.1 Å².